The van der Waals surface area contributed by atoms with Crippen LogP contribution in [0, 0.1) is 0 Å². The molecule has 6 nitrogen and oxygen atoms in total. The topological polar surface area (TPSA) is 63.1 Å². The molecular formula is C13H21F2N5O. The van der Waals surface area contributed by atoms with Gasteiger partial charge in [0.1, 0.15) is 0 Å². The smallest absolute Gasteiger partial charge is 0.255 e. The van der Waals surface area contributed by atoms with Gasteiger partial charge in [-0.25, -0.2) is 8.78 Å². The van der Waals surface area contributed by atoms with Crippen LogP contribution in [0.2, 0.25) is 0 Å². The van der Waals surface area contributed by atoms with E-state index in [0.29, 0.717) is 19.5 Å². The number of hydrogen-bond donors (Lipinski definition) is 1. The molecule has 118 valence electrons. The van der Waals surface area contributed by atoms with E-state index in [-0.39, 0.29) is 11.9 Å². The van der Waals surface area contributed by atoms with Crippen LogP contribution in [-0.2, 0) is 17.9 Å². The lowest BCUT2D eigenvalue weighted by molar-refractivity contribution is -0.128. The molecule has 0 aliphatic carbocycles. The molecule has 0 radical (unpaired) electrons. The second-order valence-corrected chi connectivity index (χ2v) is 5.14. The maximum absolute atomic E-state index is 12.2. The van der Waals surface area contributed by atoms with Gasteiger partial charge in [0.15, 0.2) is 0 Å². The number of likely N-dealkylation sites (tertiary alicyclic amines) is 1. The molecule has 0 unspecified atom stereocenters. The lowest BCUT2D eigenvalue weighted by Crippen LogP contribution is -2.49. The summed E-state index contributed by atoms with van der Waals surface area (Å²) in [7, 11) is 0. The zero-order valence-electron chi connectivity index (χ0n) is 12.1. The Morgan fingerprint density at radius 2 is 2.33 bits per heavy atom. The normalized spacial score (nSPS) is 19.9. The Morgan fingerprint density at radius 1 is 1.52 bits per heavy atom. The average Bonchev–Trinajstić information content (AvgIpc) is 2.93. The van der Waals surface area contributed by atoms with Gasteiger partial charge in [-0.15, -0.1) is 0 Å². The van der Waals surface area contributed by atoms with E-state index in [4.69, 9.17) is 0 Å². The van der Waals surface area contributed by atoms with Crippen LogP contribution in [0.5, 0.6) is 0 Å². The zero-order valence-corrected chi connectivity index (χ0v) is 12.1. The van der Waals surface area contributed by atoms with Crippen LogP contribution in [0.3, 0.4) is 0 Å². The number of nitrogens with one attached hydrogen (secondary N) is 1. The maximum atomic E-state index is 12.2. The van der Waals surface area contributed by atoms with Crippen molar-refractivity contribution in [2.75, 3.05) is 13.1 Å². The van der Waals surface area contributed by atoms with Crippen LogP contribution in [-0.4, -0.2) is 51.4 Å². The Kier molecular flexibility index (Phi) is 5.60. The number of carbonyl (C=O) groups is 1. The first kappa shape index (κ1) is 15.8. The van der Waals surface area contributed by atoms with E-state index in [1.54, 1.807) is 11.0 Å². The van der Waals surface area contributed by atoms with Gasteiger partial charge in [0.2, 0.25) is 5.91 Å². The Morgan fingerprint density at radius 3 is 3.00 bits per heavy atom. The highest BCUT2D eigenvalue weighted by Crippen LogP contribution is 2.19. The predicted molar refractivity (Wildman–Crippen MR) is 72.8 cm³/mol. The molecule has 1 amide bonds. The van der Waals surface area contributed by atoms with Crippen molar-refractivity contribution in [2.24, 2.45) is 0 Å². The van der Waals surface area contributed by atoms with Crippen molar-refractivity contribution in [3.05, 3.63) is 11.9 Å². The minimum atomic E-state index is -2.52. The van der Waals surface area contributed by atoms with Crippen molar-refractivity contribution in [2.45, 2.75) is 51.7 Å². The van der Waals surface area contributed by atoms with Crippen molar-refractivity contribution in [1.29, 1.82) is 0 Å². The Labute approximate surface area is 122 Å². The number of piperidine rings is 1. The number of hydrogen-bond acceptors (Lipinski definition) is 4. The highest BCUT2D eigenvalue weighted by atomic mass is 19.3. The van der Waals surface area contributed by atoms with Gasteiger partial charge in [0, 0.05) is 6.54 Å². The fourth-order valence-electron chi connectivity index (χ4n) is 2.54. The first-order chi connectivity index (χ1) is 10.1. The molecule has 1 fully saturated rings. The lowest BCUT2D eigenvalue weighted by atomic mass is 10.0. The van der Waals surface area contributed by atoms with Gasteiger partial charge in [-0.05, 0) is 26.3 Å². The molecule has 8 heteroatoms. The van der Waals surface area contributed by atoms with Crippen LogP contribution in [0.4, 0.5) is 8.78 Å². The number of carbonyl (C=O) groups excluding carboxylic acids is 1. The predicted octanol–water partition coefficient (Wildman–Crippen LogP) is 1.03. The third kappa shape index (κ3) is 4.45. The summed E-state index contributed by atoms with van der Waals surface area (Å²) in [6.45, 7) is 3.34. The molecule has 0 aromatic carbocycles. The SMILES string of the molecule is CCn1ncc(CN2CCCC[C@H]2C(=O)NCC(F)F)n1. The van der Waals surface area contributed by atoms with Crippen molar-refractivity contribution >= 4 is 5.91 Å². The van der Waals surface area contributed by atoms with Crippen molar-refractivity contribution in [3.8, 4) is 0 Å². The fraction of sp³-hybridized carbons (Fsp3) is 0.769. The van der Waals surface area contributed by atoms with E-state index in [0.717, 1.165) is 25.1 Å². The number of halogens is 2. The molecule has 1 aliphatic rings. The molecule has 2 heterocycles. The van der Waals surface area contributed by atoms with Gasteiger partial charge in [-0.3, -0.25) is 9.69 Å². The third-order valence-corrected chi connectivity index (χ3v) is 3.58. The lowest BCUT2D eigenvalue weighted by Gasteiger charge is -2.34. The number of nitrogens with zero attached hydrogens (tertiary/aromatic N) is 4. The third-order valence-electron chi connectivity index (χ3n) is 3.58. The molecule has 21 heavy (non-hydrogen) atoms. The van der Waals surface area contributed by atoms with Crippen LogP contribution in [0.1, 0.15) is 31.9 Å². The molecule has 1 aromatic heterocycles. The average molecular weight is 301 g/mol. The van der Waals surface area contributed by atoms with E-state index in [2.05, 4.69) is 15.5 Å². The second kappa shape index (κ2) is 7.44. The molecule has 0 spiro atoms. The van der Waals surface area contributed by atoms with Gasteiger partial charge in [-0.2, -0.15) is 15.0 Å². The monoisotopic (exact) mass is 301 g/mol. The standard InChI is InChI=1S/C13H21F2N5O/c1-2-20-17-7-10(18-20)9-19-6-4-3-5-11(19)13(21)16-8-12(14)15/h7,11-12H,2-6,8-9H2,1H3,(H,16,21)/t11-/m0/s1. The zero-order chi connectivity index (χ0) is 15.2. The first-order valence-corrected chi connectivity index (χ1v) is 7.29. The first-order valence-electron chi connectivity index (χ1n) is 7.29. The summed E-state index contributed by atoms with van der Waals surface area (Å²) in [5, 5.41) is 10.7. The van der Waals surface area contributed by atoms with E-state index in [9.17, 15) is 13.6 Å². The number of rotatable bonds is 6. The van der Waals surface area contributed by atoms with Gasteiger partial charge in [0.25, 0.3) is 6.43 Å². The minimum Gasteiger partial charge on any atom is -0.349 e. The minimum absolute atomic E-state index is 0.321. The summed E-state index contributed by atoms with van der Waals surface area (Å²) in [6, 6.07) is -0.357. The van der Waals surface area contributed by atoms with Gasteiger partial charge in [0.05, 0.1) is 31.0 Å². The molecule has 0 saturated carbocycles. The van der Waals surface area contributed by atoms with Crippen LogP contribution >= 0.6 is 0 Å². The van der Waals surface area contributed by atoms with Crippen molar-refractivity contribution in [3.63, 3.8) is 0 Å². The van der Waals surface area contributed by atoms with E-state index in [1.807, 2.05) is 11.8 Å². The summed E-state index contributed by atoms with van der Waals surface area (Å²) in [4.78, 5) is 15.6. The summed E-state index contributed by atoms with van der Waals surface area (Å²) < 4.78 is 24.4. The Bertz CT molecular complexity index is 465. The van der Waals surface area contributed by atoms with Crippen molar-refractivity contribution in [1.82, 2.24) is 25.2 Å². The summed E-state index contributed by atoms with van der Waals surface area (Å²) in [5.41, 5.74) is 0.797. The number of aryl methyl sites for hydroxylation is 1. The molecule has 0 bridgehead atoms. The van der Waals surface area contributed by atoms with Gasteiger partial charge >= 0.3 is 0 Å². The Hall–Kier alpha value is -1.57. The van der Waals surface area contributed by atoms with E-state index < -0.39 is 13.0 Å². The largest absolute Gasteiger partial charge is 0.349 e. The van der Waals surface area contributed by atoms with E-state index >= 15 is 0 Å². The van der Waals surface area contributed by atoms with Crippen LogP contribution < -0.4 is 5.32 Å². The highest BCUT2D eigenvalue weighted by Gasteiger charge is 2.29. The molecule has 1 aliphatic heterocycles. The highest BCUT2D eigenvalue weighted by molar-refractivity contribution is 5.81. The van der Waals surface area contributed by atoms with Crippen molar-refractivity contribution < 1.29 is 13.6 Å². The van der Waals surface area contributed by atoms with Crippen LogP contribution in [0.25, 0.3) is 0 Å². The quantitative estimate of drug-likeness (QED) is 0.852. The van der Waals surface area contributed by atoms with Gasteiger partial charge in [-0.1, -0.05) is 6.42 Å². The fourth-order valence-corrected chi connectivity index (χ4v) is 2.54. The van der Waals surface area contributed by atoms with Gasteiger partial charge < -0.3 is 5.32 Å². The second-order valence-electron chi connectivity index (χ2n) is 5.14. The molecule has 1 aromatic rings. The number of alkyl halides is 2. The molecule has 1 N–H and O–H groups in total. The van der Waals surface area contributed by atoms with Crippen LogP contribution in [0.15, 0.2) is 6.20 Å². The summed E-state index contributed by atoms with van der Waals surface area (Å²) >= 11 is 0. The summed E-state index contributed by atoms with van der Waals surface area (Å²) in [5.74, 6) is -0.321. The molecule has 1 atom stereocenters. The molecule has 1 saturated heterocycles. The maximum Gasteiger partial charge on any atom is 0.255 e. The number of aromatic nitrogens is 3. The summed E-state index contributed by atoms with van der Waals surface area (Å²) in [6.07, 6.45) is 1.80. The Balaban J connectivity index is 1.96. The molecular weight excluding hydrogens is 280 g/mol. The molecule has 2 rings (SSSR count). The van der Waals surface area contributed by atoms with E-state index in [1.165, 1.54) is 0 Å². The number of amides is 1.